The molecule has 0 saturated carbocycles. The smallest absolute Gasteiger partial charge is 0.251 e. The Bertz CT molecular complexity index is 273. The lowest BCUT2D eigenvalue weighted by atomic mass is 10.1. The standard InChI is InChI=1S/C9H13N3O/c10-8(9(13)12-11)6-7-4-2-1-3-5-7/h1-5,8H,6,10-11H2,(H,12,13). The molecule has 1 aromatic rings. The van der Waals surface area contributed by atoms with Crippen molar-refractivity contribution in [3.63, 3.8) is 0 Å². The summed E-state index contributed by atoms with van der Waals surface area (Å²) in [6.07, 6.45) is 0.504. The maximum absolute atomic E-state index is 11.0. The van der Waals surface area contributed by atoms with Crippen molar-refractivity contribution in [3.05, 3.63) is 35.9 Å². The highest BCUT2D eigenvalue weighted by molar-refractivity contribution is 5.81. The van der Waals surface area contributed by atoms with E-state index in [2.05, 4.69) is 0 Å². The van der Waals surface area contributed by atoms with Crippen LogP contribution in [0.25, 0.3) is 0 Å². The number of nitrogens with two attached hydrogens (primary N) is 2. The van der Waals surface area contributed by atoms with E-state index in [4.69, 9.17) is 11.6 Å². The number of rotatable bonds is 3. The minimum atomic E-state index is -0.576. The third-order valence-corrected chi connectivity index (χ3v) is 1.78. The van der Waals surface area contributed by atoms with Crippen LogP contribution in [-0.2, 0) is 11.2 Å². The van der Waals surface area contributed by atoms with E-state index in [1.807, 2.05) is 35.8 Å². The fourth-order valence-corrected chi connectivity index (χ4v) is 1.07. The molecule has 0 aliphatic carbocycles. The molecule has 5 N–H and O–H groups in total. The minimum Gasteiger partial charge on any atom is -0.320 e. The molecule has 1 rings (SSSR count). The molecule has 1 atom stereocenters. The fraction of sp³-hybridized carbons (Fsp3) is 0.222. The molecular formula is C9H13N3O. The van der Waals surface area contributed by atoms with Gasteiger partial charge in [-0.3, -0.25) is 10.2 Å². The summed E-state index contributed by atoms with van der Waals surface area (Å²) < 4.78 is 0. The first-order chi connectivity index (χ1) is 6.24. The largest absolute Gasteiger partial charge is 0.320 e. The maximum atomic E-state index is 11.0. The summed E-state index contributed by atoms with van der Waals surface area (Å²) in [5.41, 5.74) is 8.62. The first kappa shape index (κ1) is 9.70. The van der Waals surface area contributed by atoms with Crippen molar-refractivity contribution < 1.29 is 4.79 Å². The van der Waals surface area contributed by atoms with Gasteiger partial charge in [0.1, 0.15) is 0 Å². The molecule has 0 aromatic heterocycles. The molecule has 0 spiro atoms. The van der Waals surface area contributed by atoms with Gasteiger partial charge >= 0.3 is 0 Å². The second-order valence-corrected chi connectivity index (χ2v) is 2.80. The van der Waals surface area contributed by atoms with Gasteiger partial charge in [0.25, 0.3) is 5.91 Å². The molecule has 0 radical (unpaired) electrons. The number of nitrogens with one attached hydrogen (secondary N) is 1. The zero-order valence-electron chi connectivity index (χ0n) is 7.23. The van der Waals surface area contributed by atoms with Crippen molar-refractivity contribution in [3.8, 4) is 0 Å². The van der Waals surface area contributed by atoms with Gasteiger partial charge in [0.05, 0.1) is 6.04 Å². The van der Waals surface area contributed by atoms with Crippen molar-refractivity contribution in [1.29, 1.82) is 0 Å². The Hall–Kier alpha value is -1.39. The van der Waals surface area contributed by atoms with Gasteiger partial charge in [0.15, 0.2) is 0 Å². The lowest BCUT2D eigenvalue weighted by molar-refractivity contribution is -0.122. The van der Waals surface area contributed by atoms with Crippen LogP contribution < -0.4 is 17.0 Å². The molecule has 0 aliphatic rings. The van der Waals surface area contributed by atoms with Gasteiger partial charge in [0, 0.05) is 0 Å². The second kappa shape index (κ2) is 4.59. The van der Waals surface area contributed by atoms with E-state index in [0.717, 1.165) is 5.56 Å². The fourth-order valence-electron chi connectivity index (χ4n) is 1.07. The molecule has 13 heavy (non-hydrogen) atoms. The van der Waals surface area contributed by atoms with Crippen LogP contribution in [0.4, 0.5) is 0 Å². The Balaban J connectivity index is 2.55. The maximum Gasteiger partial charge on any atom is 0.251 e. The van der Waals surface area contributed by atoms with Gasteiger partial charge in [-0.15, -0.1) is 0 Å². The molecule has 1 unspecified atom stereocenters. The molecular weight excluding hydrogens is 166 g/mol. The molecule has 4 nitrogen and oxygen atoms in total. The van der Waals surface area contributed by atoms with Gasteiger partial charge in [-0.25, -0.2) is 5.84 Å². The third-order valence-electron chi connectivity index (χ3n) is 1.78. The van der Waals surface area contributed by atoms with Crippen LogP contribution in [0.3, 0.4) is 0 Å². The third kappa shape index (κ3) is 2.85. The van der Waals surface area contributed by atoms with E-state index in [1.54, 1.807) is 0 Å². The van der Waals surface area contributed by atoms with Crippen molar-refractivity contribution >= 4 is 5.91 Å². The zero-order valence-corrected chi connectivity index (χ0v) is 7.23. The van der Waals surface area contributed by atoms with Gasteiger partial charge in [-0.05, 0) is 12.0 Å². The number of carbonyl (C=O) groups is 1. The molecule has 1 amide bonds. The summed E-state index contributed by atoms with van der Waals surface area (Å²) in [5.74, 6) is 4.60. The van der Waals surface area contributed by atoms with Gasteiger partial charge in [-0.2, -0.15) is 0 Å². The lowest BCUT2D eigenvalue weighted by Crippen LogP contribution is -2.45. The number of hydrogen-bond acceptors (Lipinski definition) is 3. The Kier molecular flexibility index (Phi) is 3.42. The monoisotopic (exact) mass is 179 g/mol. The van der Waals surface area contributed by atoms with Crippen molar-refractivity contribution in [2.45, 2.75) is 12.5 Å². The van der Waals surface area contributed by atoms with Crippen molar-refractivity contribution in [2.24, 2.45) is 11.6 Å². The van der Waals surface area contributed by atoms with Crippen LogP contribution in [0.15, 0.2) is 30.3 Å². The molecule has 0 heterocycles. The summed E-state index contributed by atoms with van der Waals surface area (Å²) in [5, 5.41) is 0. The SMILES string of the molecule is NNC(=O)C(N)Cc1ccccc1. The summed E-state index contributed by atoms with van der Waals surface area (Å²) in [7, 11) is 0. The van der Waals surface area contributed by atoms with Crippen LogP contribution in [0.5, 0.6) is 0 Å². The van der Waals surface area contributed by atoms with E-state index in [1.165, 1.54) is 0 Å². The number of benzene rings is 1. The van der Waals surface area contributed by atoms with Gasteiger partial charge in [0.2, 0.25) is 0 Å². The zero-order chi connectivity index (χ0) is 9.68. The van der Waals surface area contributed by atoms with E-state index in [9.17, 15) is 4.79 Å². The number of carbonyl (C=O) groups excluding carboxylic acids is 1. The first-order valence-corrected chi connectivity index (χ1v) is 4.04. The van der Waals surface area contributed by atoms with E-state index < -0.39 is 6.04 Å². The summed E-state index contributed by atoms with van der Waals surface area (Å²) in [6.45, 7) is 0. The summed E-state index contributed by atoms with van der Waals surface area (Å²) in [6, 6.07) is 8.99. The van der Waals surface area contributed by atoms with E-state index >= 15 is 0 Å². The average Bonchev–Trinajstić information content (AvgIpc) is 2.18. The Morgan fingerprint density at radius 3 is 2.54 bits per heavy atom. The van der Waals surface area contributed by atoms with Crippen LogP contribution in [0.1, 0.15) is 5.56 Å². The highest BCUT2D eigenvalue weighted by atomic mass is 16.2. The highest BCUT2D eigenvalue weighted by Gasteiger charge is 2.11. The van der Waals surface area contributed by atoms with Gasteiger partial charge < -0.3 is 5.73 Å². The van der Waals surface area contributed by atoms with Crippen LogP contribution >= 0.6 is 0 Å². The Labute approximate surface area is 76.9 Å². The molecule has 4 heteroatoms. The Morgan fingerprint density at radius 2 is 2.00 bits per heavy atom. The van der Waals surface area contributed by atoms with Crippen molar-refractivity contribution in [1.82, 2.24) is 5.43 Å². The number of hydrazine groups is 1. The van der Waals surface area contributed by atoms with E-state index in [-0.39, 0.29) is 5.91 Å². The van der Waals surface area contributed by atoms with E-state index in [0.29, 0.717) is 6.42 Å². The van der Waals surface area contributed by atoms with Crippen molar-refractivity contribution in [2.75, 3.05) is 0 Å². The number of hydrogen-bond donors (Lipinski definition) is 3. The normalized spacial score (nSPS) is 12.2. The van der Waals surface area contributed by atoms with Crippen LogP contribution in [0, 0.1) is 0 Å². The minimum absolute atomic E-state index is 0.344. The second-order valence-electron chi connectivity index (χ2n) is 2.80. The van der Waals surface area contributed by atoms with Crippen LogP contribution in [-0.4, -0.2) is 11.9 Å². The number of amides is 1. The first-order valence-electron chi connectivity index (χ1n) is 4.04. The molecule has 0 fully saturated rings. The molecule has 0 aliphatic heterocycles. The predicted molar refractivity (Wildman–Crippen MR) is 50.5 cm³/mol. The Morgan fingerprint density at radius 1 is 1.38 bits per heavy atom. The topological polar surface area (TPSA) is 81.1 Å². The van der Waals surface area contributed by atoms with Crippen LogP contribution in [0.2, 0.25) is 0 Å². The highest BCUT2D eigenvalue weighted by Crippen LogP contribution is 2.01. The quantitative estimate of drug-likeness (QED) is 0.334. The lowest BCUT2D eigenvalue weighted by Gasteiger charge is -2.08. The molecule has 1 aromatic carbocycles. The average molecular weight is 179 g/mol. The van der Waals surface area contributed by atoms with Gasteiger partial charge in [-0.1, -0.05) is 30.3 Å². The summed E-state index contributed by atoms with van der Waals surface area (Å²) in [4.78, 5) is 11.0. The predicted octanol–water partition coefficient (Wildman–Crippen LogP) is -0.454. The molecule has 70 valence electrons. The molecule has 0 saturated heterocycles. The molecule has 0 bridgehead atoms. The summed E-state index contributed by atoms with van der Waals surface area (Å²) >= 11 is 0.